The van der Waals surface area contributed by atoms with E-state index < -0.39 is 6.04 Å². The summed E-state index contributed by atoms with van der Waals surface area (Å²) in [7, 11) is 1.62. The van der Waals surface area contributed by atoms with E-state index in [0.717, 1.165) is 22.4 Å². The SMILES string of the molecule is COc1cc(C)c(C(NN)c2cc(Cl)ccc2F)cc1C. The van der Waals surface area contributed by atoms with Crippen LogP contribution in [-0.4, -0.2) is 7.11 Å². The largest absolute Gasteiger partial charge is 0.496 e. The summed E-state index contributed by atoms with van der Waals surface area (Å²) < 4.78 is 19.4. The van der Waals surface area contributed by atoms with Crippen LogP contribution in [0.3, 0.4) is 0 Å². The summed E-state index contributed by atoms with van der Waals surface area (Å²) in [6, 6.07) is 7.82. The minimum atomic E-state index is -0.478. The summed E-state index contributed by atoms with van der Waals surface area (Å²) in [6.45, 7) is 3.87. The summed E-state index contributed by atoms with van der Waals surface area (Å²) in [5.74, 6) is 6.09. The molecule has 3 nitrogen and oxygen atoms in total. The van der Waals surface area contributed by atoms with Gasteiger partial charge in [-0.2, -0.15) is 0 Å². The third kappa shape index (κ3) is 3.18. The van der Waals surface area contributed by atoms with Crippen LogP contribution in [0.15, 0.2) is 30.3 Å². The molecular weight excluding hydrogens is 291 g/mol. The van der Waals surface area contributed by atoms with Crippen LogP contribution in [0.1, 0.15) is 28.3 Å². The number of hydrogen-bond acceptors (Lipinski definition) is 3. The Morgan fingerprint density at radius 2 is 1.86 bits per heavy atom. The molecule has 0 saturated heterocycles. The van der Waals surface area contributed by atoms with Crippen LogP contribution in [0.25, 0.3) is 0 Å². The molecule has 0 aliphatic rings. The predicted octanol–water partition coefficient (Wildman–Crippen LogP) is 3.66. The molecule has 0 aromatic heterocycles. The first-order valence-electron chi connectivity index (χ1n) is 6.54. The fourth-order valence-electron chi connectivity index (χ4n) is 2.43. The zero-order valence-electron chi connectivity index (χ0n) is 12.2. The highest BCUT2D eigenvalue weighted by molar-refractivity contribution is 6.30. The minimum absolute atomic E-state index is 0.352. The first-order chi connectivity index (χ1) is 9.97. The number of rotatable bonds is 4. The zero-order chi connectivity index (χ0) is 15.6. The number of nitrogens with two attached hydrogens (primary N) is 1. The van der Waals surface area contributed by atoms with Crippen molar-refractivity contribution in [3.05, 3.63) is 63.4 Å². The Labute approximate surface area is 128 Å². The molecule has 112 valence electrons. The number of ether oxygens (including phenoxy) is 1. The second-order valence-electron chi connectivity index (χ2n) is 4.94. The Hall–Kier alpha value is -1.62. The number of hydrazine groups is 1. The molecule has 5 heteroatoms. The summed E-state index contributed by atoms with van der Waals surface area (Å²) in [5, 5.41) is 0.467. The van der Waals surface area contributed by atoms with Gasteiger partial charge < -0.3 is 4.74 Å². The van der Waals surface area contributed by atoms with Gasteiger partial charge in [-0.05, 0) is 54.8 Å². The Kier molecular flexibility index (Phi) is 4.83. The van der Waals surface area contributed by atoms with Crippen LogP contribution >= 0.6 is 11.6 Å². The van der Waals surface area contributed by atoms with Crippen molar-refractivity contribution in [1.82, 2.24) is 5.43 Å². The Bertz CT molecular complexity index is 661. The van der Waals surface area contributed by atoms with E-state index in [1.807, 2.05) is 26.0 Å². The molecule has 0 heterocycles. The molecule has 0 spiro atoms. The Morgan fingerprint density at radius 1 is 1.14 bits per heavy atom. The summed E-state index contributed by atoms with van der Waals surface area (Å²) >= 11 is 5.97. The smallest absolute Gasteiger partial charge is 0.128 e. The summed E-state index contributed by atoms with van der Waals surface area (Å²) in [5.41, 5.74) is 5.89. The van der Waals surface area contributed by atoms with Gasteiger partial charge in [0.2, 0.25) is 0 Å². The maximum atomic E-state index is 14.1. The van der Waals surface area contributed by atoms with E-state index in [1.54, 1.807) is 13.2 Å². The highest BCUT2D eigenvalue weighted by Crippen LogP contribution is 2.32. The Balaban J connectivity index is 2.56. The van der Waals surface area contributed by atoms with Crippen LogP contribution in [0, 0.1) is 19.7 Å². The van der Waals surface area contributed by atoms with Gasteiger partial charge in [0, 0.05) is 10.6 Å². The fraction of sp³-hybridized carbons (Fsp3) is 0.250. The number of nitrogens with one attached hydrogen (secondary N) is 1. The average molecular weight is 309 g/mol. The van der Waals surface area contributed by atoms with Crippen molar-refractivity contribution in [2.75, 3.05) is 7.11 Å². The number of hydrogen-bond donors (Lipinski definition) is 2. The lowest BCUT2D eigenvalue weighted by Crippen LogP contribution is -2.30. The van der Waals surface area contributed by atoms with E-state index in [0.29, 0.717) is 10.6 Å². The Morgan fingerprint density at radius 3 is 2.48 bits per heavy atom. The van der Waals surface area contributed by atoms with Crippen LogP contribution in [0.5, 0.6) is 5.75 Å². The number of methoxy groups -OCH3 is 1. The van der Waals surface area contributed by atoms with Gasteiger partial charge in [0.05, 0.1) is 13.2 Å². The van der Waals surface area contributed by atoms with Gasteiger partial charge in [-0.1, -0.05) is 17.7 Å². The molecule has 0 bridgehead atoms. The van der Waals surface area contributed by atoms with Crippen molar-refractivity contribution in [2.45, 2.75) is 19.9 Å². The number of halogens is 2. The molecule has 0 aliphatic carbocycles. The lowest BCUT2D eigenvalue weighted by molar-refractivity contribution is 0.411. The molecule has 1 unspecified atom stereocenters. The minimum Gasteiger partial charge on any atom is -0.496 e. The van der Waals surface area contributed by atoms with Gasteiger partial charge in [0.25, 0.3) is 0 Å². The lowest BCUT2D eigenvalue weighted by Gasteiger charge is -2.21. The molecular formula is C16H18ClFN2O. The summed E-state index contributed by atoms with van der Waals surface area (Å²) in [6.07, 6.45) is 0. The molecule has 2 aromatic rings. The van der Waals surface area contributed by atoms with Gasteiger partial charge in [-0.25, -0.2) is 9.82 Å². The van der Waals surface area contributed by atoms with Crippen molar-refractivity contribution in [1.29, 1.82) is 0 Å². The first-order valence-corrected chi connectivity index (χ1v) is 6.92. The van der Waals surface area contributed by atoms with Gasteiger partial charge in [-0.15, -0.1) is 0 Å². The van der Waals surface area contributed by atoms with Gasteiger partial charge >= 0.3 is 0 Å². The van der Waals surface area contributed by atoms with Crippen molar-refractivity contribution in [2.24, 2.45) is 5.84 Å². The van der Waals surface area contributed by atoms with E-state index in [9.17, 15) is 4.39 Å². The topological polar surface area (TPSA) is 47.3 Å². The quantitative estimate of drug-likeness (QED) is 0.669. The van der Waals surface area contributed by atoms with Crippen molar-refractivity contribution in [3.63, 3.8) is 0 Å². The average Bonchev–Trinajstić information content (AvgIpc) is 2.46. The standard InChI is InChI=1S/C16H18ClFN2O/c1-9-7-15(21-3)10(2)6-12(9)16(20-19)13-8-11(17)4-5-14(13)18/h4-8,16,20H,19H2,1-3H3. The molecule has 21 heavy (non-hydrogen) atoms. The lowest BCUT2D eigenvalue weighted by atomic mass is 9.93. The molecule has 0 saturated carbocycles. The molecule has 0 amide bonds. The molecule has 0 aliphatic heterocycles. The number of benzene rings is 2. The second-order valence-corrected chi connectivity index (χ2v) is 5.38. The predicted molar refractivity (Wildman–Crippen MR) is 83.0 cm³/mol. The molecule has 3 N–H and O–H groups in total. The van der Waals surface area contributed by atoms with E-state index in [-0.39, 0.29) is 5.82 Å². The molecule has 0 radical (unpaired) electrons. The van der Waals surface area contributed by atoms with E-state index >= 15 is 0 Å². The molecule has 2 aromatic carbocycles. The maximum Gasteiger partial charge on any atom is 0.128 e. The normalized spacial score (nSPS) is 12.3. The van der Waals surface area contributed by atoms with E-state index in [2.05, 4.69) is 5.43 Å². The molecule has 2 rings (SSSR count). The van der Waals surface area contributed by atoms with Crippen LogP contribution < -0.4 is 16.0 Å². The number of aryl methyl sites for hydroxylation is 2. The fourth-order valence-corrected chi connectivity index (χ4v) is 2.61. The maximum absolute atomic E-state index is 14.1. The molecule has 1 atom stereocenters. The van der Waals surface area contributed by atoms with Gasteiger partial charge in [-0.3, -0.25) is 5.84 Å². The first kappa shape index (κ1) is 15.8. The van der Waals surface area contributed by atoms with Crippen molar-refractivity contribution in [3.8, 4) is 5.75 Å². The zero-order valence-corrected chi connectivity index (χ0v) is 13.0. The van der Waals surface area contributed by atoms with Crippen LogP contribution in [0.2, 0.25) is 5.02 Å². The van der Waals surface area contributed by atoms with Crippen molar-refractivity contribution >= 4 is 11.6 Å². The van der Waals surface area contributed by atoms with Gasteiger partial charge in [0.15, 0.2) is 0 Å². The van der Waals surface area contributed by atoms with Gasteiger partial charge in [0.1, 0.15) is 11.6 Å². The summed E-state index contributed by atoms with van der Waals surface area (Å²) in [4.78, 5) is 0. The third-order valence-electron chi connectivity index (χ3n) is 3.53. The molecule has 0 fully saturated rings. The van der Waals surface area contributed by atoms with Crippen molar-refractivity contribution < 1.29 is 9.13 Å². The monoisotopic (exact) mass is 308 g/mol. The highest BCUT2D eigenvalue weighted by Gasteiger charge is 2.20. The van der Waals surface area contributed by atoms with E-state index in [1.165, 1.54) is 12.1 Å². The van der Waals surface area contributed by atoms with E-state index in [4.69, 9.17) is 22.2 Å². The highest BCUT2D eigenvalue weighted by atomic mass is 35.5. The second kappa shape index (κ2) is 6.43. The van der Waals surface area contributed by atoms with Crippen LogP contribution in [0.4, 0.5) is 4.39 Å². The van der Waals surface area contributed by atoms with Crippen LogP contribution in [-0.2, 0) is 0 Å². The third-order valence-corrected chi connectivity index (χ3v) is 3.77.